The first kappa shape index (κ1) is 32.1. The third-order valence-electron chi connectivity index (χ3n) is 7.17. The number of hydrogen-bond acceptors (Lipinski definition) is 6. The minimum atomic E-state index is -4.84. The average molecular weight is 617 g/mol. The SMILES string of the molecule is CCCNc1cc(F)c(C(=O)N[C@@H](Cc2ccc(-c3c(C(F)(F)F)cc(C)n(C)c3=O)c3ncccc23)C(=O)OC)c(F)c1. The largest absolute Gasteiger partial charge is 0.467 e. The number of aromatic nitrogens is 2. The fourth-order valence-corrected chi connectivity index (χ4v) is 4.86. The van der Waals surface area contributed by atoms with Crippen molar-refractivity contribution in [2.24, 2.45) is 7.05 Å². The zero-order chi connectivity index (χ0) is 32.3. The van der Waals surface area contributed by atoms with Gasteiger partial charge >= 0.3 is 12.1 Å². The van der Waals surface area contributed by atoms with Crippen LogP contribution in [0.2, 0.25) is 0 Å². The topological polar surface area (TPSA) is 102 Å². The molecule has 0 radical (unpaired) electrons. The van der Waals surface area contributed by atoms with Crippen molar-refractivity contribution in [3.8, 4) is 11.1 Å². The molecule has 8 nitrogen and oxygen atoms in total. The van der Waals surface area contributed by atoms with Gasteiger partial charge in [0.1, 0.15) is 23.2 Å². The number of anilines is 1. The van der Waals surface area contributed by atoms with Gasteiger partial charge in [-0.25, -0.2) is 13.6 Å². The van der Waals surface area contributed by atoms with Crippen LogP contribution in [0.25, 0.3) is 22.0 Å². The molecule has 2 aromatic heterocycles. The lowest BCUT2D eigenvalue weighted by Gasteiger charge is -2.20. The standard InChI is InChI=1S/C31H29F5N4O4/c1-5-10-37-18-14-22(32)26(23(33)15-18)28(41)39-24(30(43)44-4)13-17-8-9-20(27-19(17)7-6-11-38-27)25-21(31(34,35)36)12-16(2)40(3)29(25)42/h6-9,11-12,14-15,24,37H,5,10,13H2,1-4H3,(H,39,41)/t24-/m0/s1. The molecule has 1 amide bonds. The Labute approximate surface area is 248 Å². The van der Waals surface area contributed by atoms with E-state index < -0.39 is 58.0 Å². The van der Waals surface area contributed by atoms with Crippen molar-refractivity contribution in [1.82, 2.24) is 14.9 Å². The number of nitrogens with one attached hydrogen (secondary N) is 2. The first-order valence-corrected chi connectivity index (χ1v) is 13.5. The number of methoxy groups -OCH3 is 1. The second-order valence-corrected chi connectivity index (χ2v) is 10.1. The molecule has 4 rings (SSSR count). The van der Waals surface area contributed by atoms with Crippen LogP contribution in [0.1, 0.15) is 40.5 Å². The summed E-state index contributed by atoms with van der Waals surface area (Å²) in [5.74, 6) is -4.45. The molecule has 1 atom stereocenters. The summed E-state index contributed by atoms with van der Waals surface area (Å²) in [4.78, 5) is 43.1. The maximum absolute atomic E-state index is 14.8. The van der Waals surface area contributed by atoms with E-state index in [2.05, 4.69) is 15.6 Å². The summed E-state index contributed by atoms with van der Waals surface area (Å²) < 4.78 is 77.7. The van der Waals surface area contributed by atoms with E-state index in [-0.39, 0.29) is 34.3 Å². The fourth-order valence-electron chi connectivity index (χ4n) is 4.86. The molecule has 13 heteroatoms. The Balaban J connectivity index is 1.76. The molecule has 0 saturated heterocycles. The van der Waals surface area contributed by atoms with Crippen LogP contribution in [0.4, 0.5) is 27.6 Å². The number of pyridine rings is 2. The lowest BCUT2D eigenvalue weighted by atomic mass is 9.93. The number of fused-ring (bicyclic) bond motifs is 1. The van der Waals surface area contributed by atoms with Crippen LogP contribution in [0.5, 0.6) is 0 Å². The van der Waals surface area contributed by atoms with Gasteiger partial charge in [0, 0.05) is 48.5 Å². The molecule has 0 saturated carbocycles. The average Bonchev–Trinajstić information content (AvgIpc) is 2.97. The number of rotatable bonds is 9. The highest BCUT2D eigenvalue weighted by molar-refractivity contribution is 5.99. The summed E-state index contributed by atoms with van der Waals surface area (Å²) >= 11 is 0. The molecule has 2 aromatic carbocycles. The van der Waals surface area contributed by atoms with Crippen molar-refractivity contribution in [3.63, 3.8) is 0 Å². The summed E-state index contributed by atoms with van der Waals surface area (Å²) in [5.41, 5.74) is -2.97. The second kappa shape index (κ2) is 12.8. The Morgan fingerprint density at radius 2 is 1.77 bits per heavy atom. The van der Waals surface area contributed by atoms with Gasteiger partial charge in [0.25, 0.3) is 11.5 Å². The summed E-state index contributed by atoms with van der Waals surface area (Å²) in [5, 5.41) is 5.41. The van der Waals surface area contributed by atoms with Crippen molar-refractivity contribution in [1.29, 1.82) is 0 Å². The number of alkyl halides is 3. The van der Waals surface area contributed by atoms with E-state index in [4.69, 9.17) is 4.74 Å². The highest BCUT2D eigenvalue weighted by Gasteiger charge is 2.37. The Bertz CT molecular complexity index is 1780. The highest BCUT2D eigenvalue weighted by Crippen LogP contribution is 2.38. The fraction of sp³-hybridized carbons (Fsp3) is 0.290. The molecular weight excluding hydrogens is 587 g/mol. The van der Waals surface area contributed by atoms with Gasteiger partial charge in [0.2, 0.25) is 0 Å². The third-order valence-corrected chi connectivity index (χ3v) is 7.17. The number of esters is 1. The summed E-state index contributed by atoms with van der Waals surface area (Å²) in [6.07, 6.45) is -3.09. The van der Waals surface area contributed by atoms with Crippen molar-refractivity contribution in [2.75, 3.05) is 19.0 Å². The van der Waals surface area contributed by atoms with E-state index >= 15 is 0 Å². The van der Waals surface area contributed by atoms with Gasteiger partial charge in [-0.3, -0.25) is 14.6 Å². The predicted octanol–water partition coefficient (Wildman–Crippen LogP) is 5.54. The van der Waals surface area contributed by atoms with Gasteiger partial charge < -0.3 is 19.9 Å². The second-order valence-electron chi connectivity index (χ2n) is 10.1. The molecule has 2 heterocycles. The molecule has 0 unspecified atom stereocenters. The molecular formula is C31H29F5N4O4. The molecule has 0 fully saturated rings. The lowest BCUT2D eigenvalue weighted by molar-refractivity contribution is -0.143. The maximum Gasteiger partial charge on any atom is 0.417 e. The third kappa shape index (κ3) is 6.41. The lowest BCUT2D eigenvalue weighted by Crippen LogP contribution is -2.43. The van der Waals surface area contributed by atoms with E-state index in [1.165, 1.54) is 44.4 Å². The first-order valence-electron chi connectivity index (χ1n) is 13.5. The Kier molecular flexibility index (Phi) is 9.36. The van der Waals surface area contributed by atoms with E-state index in [1.807, 2.05) is 6.92 Å². The Morgan fingerprint density at radius 1 is 1.09 bits per heavy atom. The summed E-state index contributed by atoms with van der Waals surface area (Å²) in [7, 11) is 2.42. The summed E-state index contributed by atoms with van der Waals surface area (Å²) in [6.45, 7) is 3.70. The minimum absolute atomic E-state index is 0.0404. The molecule has 0 aliphatic carbocycles. The normalized spacial score (nSPS) is 12.2. The van der Waals surface area contributed by atoms with Crippen LogP contribution < -0.4 is 16.2 Å². The number of carbonyl (C=O) groups excluding carboxylic acids is 2. The van der Waals surface area contributed by atoms with E-state index in [0.29, 0.717) is 18.5 Å². The zero-order valence-electron chi connectivity index (χ0n) is 24.2. The smallest absolute Gasteiger partial charge is 0.417 e. The van der Waals surface area contributed by atoms with Crippen LogP contribution in [0.3, 0.4) is 0 Å². The molecule has 44 heavy (non-hydrogen) atoms. The predicted molar refractivity (Wildman–Crippen MR) is 154 cm³/mol. The van der Waals surface area contributed by atoms with Crippen LogP contribution >= 0.6 is 0 Å². The van der Waals surface area contributed by atoms with E-state index in [0.717, 1.165) is 29.9 Å². The van der Waals surface area contributed by atoms with Crippen molar-refractivity contribution < 1.29 is 36.3 Å². The molecule has 2 N–H and O–H groups in total. The van der Waals surface area contributed by atoms with Crippen LogP contribution in [0, 0.1) is 18.6 Å². The van der Waals surface area contributed by atoms with E-state index in [1.54, 1.807) is 0 Å². The van der Waals surface area contributed by atoms with Crippen LogP contribution in [-0.4, -0.2) is 41.1 Å². The molecule has 0 aliphatic heterocycles. The van der Waals surface area contributed by atoms with Crippen molar-refractivity contribution >= 4 is 28.5 Å². The number of hydrogen-bond donors (Lipinski definition) is 2. The van der Waals surface area contributed by atoms with Gasteiger partial charge in [0.05, 0.1) is 23.8 Å². The number of carbonyl (C=O) groups is 2. The number of nitrogens with zero attached hydrogens (tertiary/aromatic N) is 2. The van der Waals surface area contributed by atoms with Crippen molar-refractivity contribution in [2.45, 2.75) is 38.9 Å². The molecule has 232 valence electrons. The van der Waals surface area contributed by atoms with Gasteiger partial charge in [-0.2, -0.15) is 13.2 Å². The molecule has 0 bridgehead atoms. The summed E-state index contributed by atoms with van der Waals surface area (Å²) in [6, 6.07) is 7.08. The number of aryl methyl sites for hydroxylation is 1. The quantitative estimate of drug-likeness (QED) is 0.189. The molecule has 0 spiro atoms. The Morgan fingerprint density at radius 3 is 2.39 bits per heavy atom. The van der Waals surface area contributed by atoms with Gasteiger partial charge in [0.15, 0.2) is 0 Å². The number of benzene rings is 2. The molecule has 4 aromatic rings. The van der Waals surface area contributed by atoms with Gasteiger partial charge in [-0.15, -0.1) is 0 Å². The van der Waals surface area contributed by atoms with Gasteiger partial charge in [-0.1, -0.05) is 25.1 Å². The van der Waals surface area contributed by atoms with Crippen LogP contribution in [0.15, 0.2) is 53.5 Å². The highest BCUT2D eigenvalue weighted by atomic mass is 19.4. The minimum Gasteiger partial charge on any atom is -0.467 e. The number of ether oxygens (including phenoxy) is 1. The zero-order valence-corrected chi connectivity index (χ0v) is 24.2. The molecule has 0 aliphatic rings. The first-order chi connectivity index (χ1) is 20.8. The Hall–Kier alpha value is -4.81. The van der Waals surface area contributed by atoms with Crippen LogP contribution in [-0.2, 0) is 29.2 Å². The van der Waals surface area contributed by atoms with Crippen molar-refractivity contribution in [3.05, 3.63) is 93.0 Å². The van der Waals surface area contributed by atoms with Gasteiger partial charge in [-0.05, 0) is 43.2 Å². The number of amides is 1. The monoisotopic (exact) mass is 616 g/mol. The maximum atomic E-state index is 14.8. The number of halogens is 5. The van der Waals surface area contributed by atoms with E-state index in [9.17, 15) is 36.3 Å².